The lowest BCUT2D eigenvalue weighted by Gasteiger charge is -2.53. The molecule has 2 aromatic carbocycles. The van der Waals surface area contributed by atoms with Gasteiger partial charge in [-0.15, -0.1) is 5.10 Å². The number of rotatable bonds is 13. The standard InChI is InChI=1S/C35H49N7O4.C8H11NO/c1-8-39-13-19-42(20-14-39)35(5,6)34(3,4)25(2)46-31-23-28-27(22-30(31)45-7)29(21-26-9-11-36-12-10-26)37-38-33(28)41-17-15-40(16-18-41)32(44)24-43;1-9-7-3-5-8(10-2)6-4-7/h9-12,22-25H,8,13-21H2,1-7H3;3-6,9H,1-2H3. The van der Waals surface area contributed by atoms with E-state index in [1.54, 1.807) is 31.5 Å². The summed E-state index contributed by atoms with van der Waals surface area (Å²) in [6.45, 7) is 20.9. The van der Waals surface area contributed by atoms with E-state index in [1.807, 2.05) is 55.6 Å². The zero-order valence-corrected chi connectivity index (χ0v) is 34.7. The number of aromatic nitrogens is 3. The number of nitrogens with zero attached hydrogens (tertiary/aromatic N) is 7. The van der Waals surface area contributed by atoms with E-state index in [2.05, 4.69) is 66.5 Å². The molecule has 0 aliphatic carbocycles. The van der Waals surface area contributed by atoms with Crippen molar-refractivity contribution in [1.82, 2.24) is 29.9 Å². The minimum atomic E-state index is -0.490. The van der Waals surface area contributed by atoms with Crippen molar-refractivity contribution in [2.24, 2.45) is 5.41 Å². The number of carbonyl (C=O) groups excluding carboxylic acids is 2. The van der Waals surface area contributed by atoms with E-state index < -0.39 is 5.91 Å². The van der Waals surface area contributed by atoms with Crippen LogP contribution in [0.25, 0.3) is 10.8 Å². The molecule has 1 amide bonds. The third-order valence-corrected chi connectivity index (χ3v) is 12.1. The van der Waals surface area contributed by atoms with E-state index in [-0.39, 0.29) is 17.1 Å². The molecule has 2 fully saturated rings. The Morgan fingerprint density at radius 3 is 2.07 bits per heavy atom. The summed E-state index contributed by atoms with van der Waals surface area (Å²) in [6, 6.07) is 15.8. The normalized spacial score (nSPS) is 16.1. The van der Waals surface area contributed by atoms with Crippen molar-refractivity contribution in [3.8, 4) is 17.2 Å². The molecule has 0 radical (unpaired) electrons. The van der Waals surface area contributed by atoms with Gasteiger partial charge in [-0.25, -0.2) is 0 Å². The first-order valence-electron chi connectivity index (χ1n) is 19.6. The smallest absolute Gasteiger partial charge is 0.286 e. The Morgan fingerprint density at radius 2 is 1.50 bits per heavy atom. The Balaban J connectivity index is 0.000000522. The fourth-order valence-corrected chi connectivity index (χ4v) is 7.35. The van der Waals surface area contributed by atoms with Gasteiger partial charge in [0.05, 0.1) is 19.9 Å². The lowest BCUT2D eigenvalue weighted by molar-refractivity contribution is -0.139. The van der Waals surface area contributed by atoms with E-state index >= 15 is 0 Å². The number of pyridine rings is 1. The second kappa shape index (κ2) is 18.8. The van der Waals surface area contributed by atoms with Crippen LogP contribution in [0.5, 0.6) is 17.2 Å². The number of methoxy groups -OCH3 is 2. The fourth-order valence-electron chi connectivity index (χ4n) is 7.35. The maximum absolute atomic E-state index is 12.0. The molecule has 56 heavy (non-hydrogen) atoms. The van der Waals surface area contributed by atoms with Crippen molar-refractivity contribution in [3.05, 3.63) is 72.2 Å². The summed E-state index contributed by atoms with van der Waals surface area (Å²) in [4.78, 5) is 36.1. The van der Waals surface area contributed by atoms with Crippen LogP contribution in [0.15, 0.2) is 60.9 Å². The number of benzene rings is 2. The Morgan fingerprint density at radius 1 is 0.857 bits per heavy atom. The van der Waals surface area contributed by atoms with E-state index in [1.165, 1.54) is 0 Å². The van der Waals surface area contributed by atoms with Crippen LogP contribution < -0.4 is 24.4 Å². The molecule has 4 aromatic rings. The number of nitrogens with one attached hydrogen (secondary N) is 1. The van der Waals surface area contributed by atoms with Crippen LogP contribution in [0.1, 0.15) is 52.8 Å². The van der Waals surface area contributed by atoms with E-state index in [0.717, 1.165) is 72.0 Å². The number of amides is 1. The van der Waals surface area contributed by atoms with E-state index in [4.69, 9.17) is 24.4 Å². The van der Waals surface area contributed by atoms with Gasteiger partial charge < -0.3 is 34.2 Å². The average Bonchev–Trinajstić information content (AvgIpc) is 3.23. The number of aldehydes is 1. The van der Waals surface area contributed by atoms with Crippen molar-refractivity contribution in [2.45, 2.75) is 59.6 Å². The largest absolute Gasteiger partial charge is 0.497 e. The predicted molar refractivity (Wildman–Crippen MR) is 222 cm³/mol. The first-order chi connectivity index (χ1) is 26.9. The monoisotopic (exact) mass is 768 g/mol. The van der Waals surface area contributed by atoms with Gasteiger partial charge in [-0.2, -0.15) is 5.10 Å². The molecular formula is C43H60N8O5. The molecule has 0 bridgehead atoms. The predicted octanol–water partition coefficient (Wildman–Crippen LogP) is 5.42. The fraction of sp³-hybridized carbons (Fsp3) is 0.512. The summed E-state index contributed by atoms with van der Waals surface area (Å²) in [6.07, 6.45) is 4.37. The van der Waals surface area contributed by atoms with Gasteiger partial charge in [0.1, 0.15) is 11.9 Å². The van der Waals surface area contributed by atoms with Crippen LogP contribution in [0, 0.1) is 5.41 Å². The number of carbonyl (C=O) groups is 2. The summed E-state index contributed by atoms with van der Waals surface area (Å²) in [7, 11) is 5.22. The minimum absolute atomic E-state index is 0.122. The molecule has 1 atom stereocenters. The molecule has 4 heterocycles. The third-order valence-electron chi connectivity index (χ3n) is 12.1. The van der Waals surface area contributed by atoms with Gasteiger partial charge in [-0.05, 0) is 81.4 Å². The van der Waals surface area contributed by atoms with Crippen molar-refractivity contribution >= 4 is 34.5 Å². The molecule has 2 aliphatic heterocycles. The molecule has 6 rings (SSSR count). The molecular weight excluding hydrogens is 709 g/mol. The van der Waals surface area contributed by atoms with Gasteiger partial charge in [-0.3, -0.25) is 19.5 Å². The number of piperazine rings is 2. The molecule has 2 aliphatic rings. The lowest BCUT2D eigenvalue weighted by atomic mass is 9.69. The van der Waals surface area contributed by atoms with Gasteiger partial charge >= 0.3 is 0 Å². The summed E-state index contributed by atoms with van der Waals surface area (Å²) in [5.74, 6) is 2.41. The third kappa shape index (κ3) is 9.50. The summed E-state index contributed by atoms with van der Waals surface area (Å²) in [5, 5.41) is 14.3. The van der Waals surface area contributed by atoms with Crippen LogP contribution in [0.2, 0.25) is 0 Å². The quantitative estimate of drug-likeness (QED) is 0.138. The first-order valence-corrected chi connectivity index (χ1v) is 19.6. The van der Waals surface area contributed by atoms with Crippen LogP contribution in [-0.2, 0) is 16.0 Å². The molecule has 1 N–H and O–H groups in total. The molecule has 13 heteroatoms. The highest BCUT2D eigenvalue weighted by Gasteiger charge is 2.47. The van der Waals surface area contributed by atoms with Crippen LogP contribution in [0.3, 0.4) is 0 Å². The van der Waals surface area contributed by atoms with Crippen molar-refractivity contribution in [1.29, 1.82) is 0 Å². The zero-order chi connectivity index (χ0) is 40.5. The maximum atomic E-state index is 12.0. The first kappa shape index (κ1) is 42.1. The van der Waals surface area contributed by atoms with Crippen molar-refractivity contribution in [2.75, 3.05) is 90.4 Å². The Bertz CT molecular complexity index is 1870. The average molecular weight is 769 g/mol. The summed E-state index contributed by atoms with van der Waals surface area (Å²) in [5.41, 5.74) is 2.67. The second-order valence-electron chi connectivity index (χ2n) is 15.4. The van der Waals surface area contributed by atoms with Crippen LogP contribution >= 0.6 is 0 Å². The molecule has 1 unspecified atom stereocenters. The highest BCUT2D eigenvalue weighted by Crippen LogP contribution is 2.44. The molecule has 13 nitrogen and oxygen atoms in total. The number of likely N-dealkylation sites (N-methyl/N-ethyl adjacent to an activating group) is 1. The molecule has 0 spiro atoms. The zero-order valence-electron chi connectivity index (χ0n) is 34.7. The van der Waals surface area contributed by atoms with Gasteiger partial charge in [0.15, 0.2) is 17.3 Å². The Labute approximate surface area is 332 Å². The summed E-state index contributed by atoms with van der Waals surface area (Å²) >= 11 is 0. The Kier molecular flexibility index (Phi) is 14.1. The Hall–Kier alpha value is -5.01. The minimum Gasteiger partial charge on any atom is -0.497 e. The second-order valence-corrected chi connectivity index (χ2v) is 15.4. The number of hydrogen-bond acceptors (Lipinski definition) is 12. The van der Waals surface area contributed by atoms with Gasteiger partial charge in [0.2, 0.25) is 6.29 Å². The number of fused-ring (bicyclic) bond motifs is 1. The van der Waals surface area contributed by atoms with E-state index in [0.29, 0.717) is 50.4 Å². The van der Waals surface area contributed by atoms with Gasteiger partial charge in [0.25, 0.3) is 5.91 Å². The topological polar surface area (TPSA) is 125 Å². The van der Waals surface area contributed by atoms with E-state index in [9.17, 15) is 9.59 Å². The number of hydrogen-bond donors (Lipinski definition) is 1. The SMILES string of the molecule is CCN1CCN(C(C)(C)C(C)(C)C(C)Oc2cc3c(N4CCN(C(=O)C=O)CC4)nnc(Cc4ccncc4)c3cc2OC)CC1.CNc1ccc(OC)cc1. The lowest BCUT2D eigenvalue weighted by Crippen LogP contribution is -2.63. The van der Waals surface area contributed by atoms with Crippen molar-refractivity contribution in [3.63, 3.8) is 0 Å². The summed E-state index contributed by atoms with van der Waals surface area (Å²) < 4.78 is 17.8. The molecule has 302 valence electrons. The van der Waals surface area contributed by atoms with Gasteiger partial charge in [0, 0.05) is 106 Å². The number of ether oxygens (including phenoxy) is 3. The van der Waals surface area contributed by atoms with Gasteiger partial charge in [-0.1, -0.05) is 20.8 Å². The maximum Gasteiger partial charge on any atom is 0.286 e. The van der Waals surface area contributed by atoms with Crippen LogP contribution in [-0.4, -0.2) is 134 Å². The molecule has 2 aromatic heterocycles. The van der Waals surface area contributed by atoms with Crippen LogP contribution in [0.4, 0.5) is 11.5 Å². The molecule has 0 saturated carbocycles. The highest BCUT2D eigenvalue weighted by molar-refractivity contribution is 6.23. The highest BCUT2D eigenvalue weighted by atomic mass is 16.5. The molecule has 2 saturated heterocycles. The number of anilines is 2. The van der Waals surface area contributed by atoms with Crippen molar-refractivity contribution < 1.29 is 23.8 Å².